The summed E-state index contributed by atoms with van der Waals surface area (Å²) in [4.78, 5) is 28.3. The molecule has 0 radical (unpaired) electrons. The van der Waals surface area contributed by atoms with Crippen molar-refractivity contribution in [3.8, 4) is 0 Å². The highest BCUT2D eigenvalue weighted by atomic mass is 35.5. The zero-order valence-corrected chi connectivity index (χ0v) is 14.5. The van der Waals surface area contributed by atoms with Crippen molar-refractivity contribution in [2.75, 3.05) is 26.2 Å². The lowest BCUT2D eigenvalue weighted by Gasteiger charge is -2.34. The van der Waals surface area contributed by atoms with Gasteiger partial charge in [-0.25, -0.2) is 0 Å². The minimum Gasteiger partial charge on any atom is -0.336 e. The molecule has 0 saturated carbocycles. The van der Waals surface area contributed by atoms with Crippen LogP contribution >= 0.6 is 11.6 Å². The number of rotatable bonds is 3. The van der Waals surface area contributed by atoms with Gasteiger partial charge in [0.1, 0.15) is 0 Å². The van der Waals surface area contributed by atoms with E-state index in [0.29, 0.717) is 36.8 Å². The normalized spacial score (nSPS) is 14.8. The number of amides is 2. The number of hydrogen-bond donors (Lipinski definition) is 0. The van der Waals surface area contributed by atoms with Crippen LogP contribution in [0.4, 0.5) is 0 Å². The smallest absolute Gasteiger partial charge is 0.253 e. The monoisotopic (exact) mass is 354 g/mol. The SMILES string of the molecule is O=C(/C=C/c1ccccc1)N1CCN(C(=O)c2ccc(Cl)cc2)CC1. The van der Waals surface area contributed by atoms with Crippen molar-refractivity contribution in [2.24, 2.45) is 0 Å². The van der Waals surface area contributed by atoms with Crippen LogP contribution in [0.5, 0.6) is 0 Å². The minimum absolute atomic E-state index is 0.0245. The summed E-state index contributed by atoms with van der Waals surface area (Å²) in [6, 6.07) is 16.6. The Bertz CT molecular complexity index is 764. The topological polar surface area (TPSA) is 40.6 Å². The van der Waals surface area contributed by atoms with E-state index in [1.165, 1.54) is 0 Å². The maximum Gasteiger partial charge on any atom is 0.253 e. The van der Waals surface area contributed by atoms with Crippen molar-refractivity contribution in [1.29, 1.82) is 0 Å². The summed E-state index contributed by atoms with van der Waals surface area (Å²) >= 11 is 5.85. The fourth-order valence-electron chi connectivity index (χ4n) is 2.74. The molecule has 1 aliphatic heterocycles. The van der Waals surface area contributed by atoms with Gasteiger partial charge in [-0.1, -0.05) is 41.9 Å². The van der Waals surface area contributed by atoms with Crippen LogP contribution < -0.4 is 0 Å². The third-order valence-corrected chi connectivity index (χ3v) is 4.44. The van der Waals surface area contributed by atoms with Crippen molar-refractivity contribution in [3.05, 3.63) is 76.8 Å². The summed E-state index contributed by atoms with van der Waals surface area (Å²) in [5.74, 6) is -0.0500. The Balaban J connectivity index is 1.54. The van der Waals surface area contributed by atoms with E-state index in [0.717, 1.165) is 5.56 Å². The van der Waals surface area contributed by atoms with Crippen LogP contribution in [-0.2, 0) is 4.79 Å². The van der Waals surface area contributed by atoms with Gasteiger partial charge in [-0.2, -0.15) is 0 Å². The summed E-state index contributed by atoms with van der Waals surface area (Å²) in [7, 11) is 0. The first-order valence-corrected chi connectivity index (χ1v) is 8.58. The van der Waals surface area contributed by atoms with E-state index in [4.69, 9.17) is 11.6 Å². The number of benzene rings is 2. The third-order valence-electron chi connectivity index (χ3n) is 4.19. The van der Waals surface area contributed by atoms with E-state index in [-0.39, 0.29) is 11.8 Å². The number of carbonyl (C=O) groups excluding carboxylic acids is 2. The van der Waals surface area contributed by atoms with Gasteiger partial charge in [0.05, 0.1) is 0 Å². The average Bonchev–Trinajstić information content (AvgIpc) is 2.67. The standard InChI is InChI=1S/C20H19ClN2O2/c21-18-9-7-17(8-10-18)20(25)23-14-12-22(13-15-23)19(24)11-6-16-4-2-1-3-5-16/h1-11H,12-15H2/b11-6+. The van der Waals surface area contributed by atoms with Gasteiger partial charge >= 0.3 is 0 Å². The van der Waals surface area contributed by atoms with Gasteiger partial charge in [-0.3, -0.25) is 9.59 Å². The first-order valence-electron chi connectivity index (χ1n) is 8.20. The van der Waals surface area contributed by atoms with E-state index in [9.17, 15) is 9.59 Å². The summed E-state index contributed by atoms with van der Waals surface area (Å²) in [6.45, 7) is 2.15. The molecule has 2 aromatic rings. The highest BCUT2D eigenvalue weighted by molar-refractivity contribution is 6.30. The van der Waals surface area contributed by atoms with Crippen LogP contribution in [0, 0.1) is 0 Å². The van der Waals surface area contributed by atoms with E-state index >= 15 is 0 Å². The predicted molar refractivity (Wildman–Crippen MR) is 99.4 cm³/mol. The lowest BCUT2D eigenvalue weighted by atomic mass is 10.1. The number of hydrogen-bond acceptors (Lipinski definition) is 2. The number of piperazine rings is 1. The maximum atomic E-state index is 12.5. The van der Waals surface area contributed by atoms with Crippen LogP contribution in [0.25, 0.3) is 6.08 Å². The molecule has 1 saturated heterocycles. The largest absolute Gasteiger partial charge is 0.336 e. The van der Waals surface area contributed by atoms with Crippen LogP contribution in [-0.4, -0.2) is 47.8 Å². The fraction of sp³-hybridized carbons (Fsp3) is 0.200. The maximum absolute atomic E-state index is 12.5. The van der Waals surface area contributed by atoms with Gasteiger partial charge in [0.25, 0.3) is 5.91 Å². The molecule has 1 fully saturated rings. The Morgan fingerprint density at radius 1 is 0.840 bits per heavy atom. The van der Waals surface area contributed by atoms with Crippen molar-refractivity contribution in [2.45, 2.75) is 0 Å². The predicted octanol–water partition coefficient (Wildman–Crippen LogP) is 3.34. The molecule has 0 aromatic heterocycles. The highest BCUT2D eigenvalue weighted by Gasteiger charge is 2.23. The molecule has 0 bridgehead atoms. The number of carbonyl (C=O) groups is 2. The Hall–Kier alpha value is -2.59. The van der Waals surface area contributed by atoms with Crippen molar-refractivity contribution in [1.82, 2.24) is 9.80 Å². The second-order valence-corrected chi connectivity index (χ2v) is 6.30. The summed E-state index contributed by atoms with van der Waals surface area (Å²) in [5, 5.41) is 0.608. The molecule has 128 valence electrons. The number of nitrogens with zero attached hydrogens (tertiary/aromatic N) is 2. The summed E-state index contributed by atoms with van der Waals surface area (Å²) in [5.41, 5.74) is 1.61. The molecule has 1 aliphatic rings. The Kier molecular flexibility index (Phi) is 5.51. The van der Waals surface area contributed by atoms with E-state index in [2.05, 4.69) is 0 Å². The quantitative estimate of drug-likeness (QED) is 0.793. The summed E-state index contributed by atoms with van der Waals surface area (Å²) in [6.07, 6.45) is 3.40. The molecule has 4 nitrogen and oxygen atoms in total. The Labute approximate surface area is 152 Å². The minimum atomic E-state index is -0.0255. The van der Waals surface area contributed by atoms with Gasteiger partial charge in [-0.05, 0) is 35.9 Å². The molecular weight excluding hydrogens is 336 g/mol. The fourth-order valence-corrected chi connectivity index (χ4v) is 2.87. The molecule has 25 heavy (non-hydrogen) atoms. The van der Waals surface area contributed by atoms with Crippen molar-refractivity contribution in [3.63, 3.8) is 0 Å². The van der Waals surface area contributed by atoms with Gasteiger partial charge in [0.2, 0.25) is 5.91 Å². The summed E-state index contributed by atoms with van der Waals surface area (Å²) < 4.78 is 0. The zero-order chi connectivity index (χ0) is 17.6. The second kappa shape index (κ2) is 7.99. The highest BCUT2D eigenvalue weighted by Crippen LogP contribution is 2.13. The third kappa shape index (κ3) is 4.48. The van der Waals surface area contributed by atoms with Crippen molar-refractivity contribution < 1.29 is 9.59 Å². The van der Waals surface area contributed by atoms with E-state index in [1.54, 1.807) is 40.1 Å². The van der Waals surface area contributed by atoms with E-state index in [1.807, 2.05) is 36.4 Å². The second-order valence-electron chi connectivity index (χ2n) is 5.87. The van der Waals surface area contributed by atoms with Crippen molar-refractivity contribution >= 4 is 29.5 Å². The molecule has 0 spiro atoms. The molecule has 0 atom stereocenters. The lowest BCUT2D eigenvalue weighted by molar-refractivity contribution is -0.127. The zero-order valence-electron chi connectivity index (χ0n) is 13.8. The first kappa shape index (κ1) is 17.2. The van der Waals surface area contributed by atoms with Gasteiger partial charge in [0.15, 0.2) is 0 Å². The molecule has 2 aromatic carbocycles. The molecule has 5 heteroatoms. The molecule has 0 N–H and O–H groups in total. The molecule has 0 unspecified atom stereocenters. The Morgan fingerprint density at radius 2 is 1.44 bits per heavy atom. The van der Waals surface area contributed by atoms with Gasteiger partial charge in [-0.15, -0.1) is 0 Å². The van der Waals surface area contributed by atoms with Crippen LogP contribution in [0.1, 0.15) is 15.9 Å². The number of halogens is 1. The molecule has 3 rings (SSSR count). The van der Waals surface area contributed by atoms with Crippen LogP contribution in [0.3, 0.4) is 0 Å². The molecular formula is C20H19ClN2O2. The first-order chi connectivity index (χ1) is 12.1. The van der Waals surface area contributed by atoms with E-state index < -0.39 is 0 Å². The van der Waals surface area contributed by atoms with Crippen LogP contribution in [0.15, 0.2) is 60.7 Å². The molecule has 0 aliphatic carbocycles. The lowest BCUT2D eigenvalue weighted by Crippen LogP contribution is -2.50. The van der Waals surface area contributed by atoms with Gasteiger partial charge in [0, 0.05) is 42.8 Å². The molecule has 1 heterocycles. The molecule has 2 amide bonds. The Morgan fingerprint density at radius 3 is 2.08 bits per heavy atom. The van der Waals surface area contributed by atoms with Crippen LogP contribution in [0.2, 0.25) is 5.02 Å². The average molecular weight is 355 g/mol. The van der Waals surface area contributed by atoms with Gasteiger partial charge < -0.3 is 9.80 Å².